The molecule has 136 valence electrons. The number of hydrogen-bond acceptors (Lipinski definition) is 5. The number of rotatable bonds is 6. The monoisotopic (exact) mass is 474 g/mol. The van der Waals surface area contributed by atoms with Crippen molar-refractivity contribution in [1.82, 2.24) is 25.9 Å². The van der Waals surface area contributed by atoms with Crippen LogP contribution in [0.25, 0.3) is 0 Å². The predicted octanol–water partition coefficient (Wildman–Crippen LogP) is 1.87. The summed E-state index contributed by atoms with van der Waals surface area (Å²) in [6.07, 6.45) is 3.18. The molecule has 0 saturated carbocycles. The summed E-state index contributed by atoms with van der Waals surface area (Å²) >= 11 is 1.68. The minimum atomic E-state index is -0.136. The Morgan fingerprint density at radius 1 is 1.24 bits per heavy atom. The van der Waals surface area contributed by atoms with Gasteiger partial charge in [0.1, 0.15) is 0 Å². The number of nitrogens with one attached hydrogen (secondary N) is 3. The van der Waals surface area contributed by atoms with E-state index in [-0.39, 0.29) is 29.9 Å². The van der Waals surface area contributed by atoms with Crippen molar-refractivity contribution in [3.8, 4) is 0 Å². The third-order valence-electron chi connectivity index (χ3n) is 3.27. The van der Waals surface area contributed by atoms with Crippen LogP contribution in [0.4, 0.5) is 0 Å². The maximum atomic E-state index is 11.9. The minimum Gasteiger partial charge on any atom is -0.355 e. The number of carbonyl (C=O) groups is 1. The number of amides is 1. The highest BCUT2D eigenvalue weighted by Gasteiger charge is 2.06. The number of hydrogen-bond donors (Lipinski definition) is 3. The quantitative estimate of drug-likeness (QED) is 0.258. The normalized spacial score (nSPS) is 10.8. The molecule has 7 nitrogen and oxygen atoms in total. The van der Waals surface area contributed by atoms with Gasteiger partial charge in [0.2, 0.25) is 0 Å². The molecule has 0 aliphatic rings. The van der Waals surface area contributed by atoms with Crippen molar-refractivity contribution in [2.75, 3.05) is 20.1 Å². The molecule has 25 heavy (non-hydrogen) atoms. The number of aliphatic imine (C=N–C) groups is 1. The average molecular weight is 474 g/mol. The van der Waals surface area contributed by atoms with Gasteiger partial charge >= 0.3 is 0 Å². The summed E-state index contributed by atoms with van der Waals surface area (Å²) < 4.78 is 0. The lowest BCUT2D eigenvalue weighted by atomic mass is 10.3. The van der Waals surface area contributed by atoms with Gasteiger partial charge in [-0.05, 0) is 26.0 Å². The zero-order chi connectivity index (χ0) is 17.4. The summed E-state index contributed by atoms with van der Waals surface area (Å²) in [5.74, 6) is 0.555. The van der Waals surface area contributed by atoms with Gasteiger partial charge in [0.15, 0.2) is 5.96 Å². The van der Waals surface area contributed by atoms with Crippen LogP contribution in [0.2, 0.25) is 0 Å². The van der Waals surface area contributed by atoms with Gasteiger partial charge in [-0.3, -0.25) is 14.8 Å². The fourth-order valence-corrected chi connectivity index (χ4v) is 2.96. The van der Waals surface area contributed by atoms with Gasteiger partial charge < -0.3 is 16.0 Å². The first-order chi connectivity index (χ1) is 11.6. The fraction of sp³-hybridized carbons (Fsp3) is 0.375. The lowest BCUT2D eigenvalue weighted by molar-refractivity contribution is 0.0954. The molecule has 0 radical (unpaired) electrons. The van der Waals surface area contributed by atoms with Gasteiger partial charge in [-0.15, -0.1) is 35.3 Å². The lowest BCUT2D eigenvalue weighted by Gasteiger charge is -2.12. The Kier molecular flexibility index (Phi) is 9.35. The van der Waals surface area contributed by atoms with Crippen molar-refractivity contribution in [1.29, 1.82) is 0 Å². The van der Waals surface area contributed by atoms with E-state index in [2.05, 4.69) is 30.9 Å². The number of thiazole rings is 1. The van der Waals surface area contributed by atoms with Crippen molar-refractivity contribution in [2.24, 2.45) is 4.99 Å². The van der Waals surface area contributed by atoms with Crippen LogP contribution in [0.15, 0.2) is 29.5 Å². The average Bonchev–Trinajstić information content (AvgIpc) is 2.92. The van der Waals surface area contributed by atoms with Gasteiger partial charge in [0, 0.05) is 37.4 Å². The number of nitrogens with zero attached hydrogens (tertiary/aromatic N) is 3. The van der Waals surface area contributed by atoms with E-state index in [1.165, 1.54) is 4.88 Å². The van der Waals surface area contributed by atoms with E-state index in [1.54, 1.807) is 42.9 Å². The minimum absolute atomic E-state index is 0. The molecule has 1 amide bonds. The molecule has 0 aliphatic heterocycles. The SMILES string of the molecule is CN=C(NCCNC(=O)c1cccnc1)NCc1sc(C)nc1C.I. The Labute approximate surface area is 168 Å². The zero-order valence-electron chi connectivity index (χ0n) is 14.5. The molecular weight excluding hydrogens is 451 g/mol. The van der Waals surface area contributed by atoms with Crippen molar-refractivity contribution < 1.29 is 4.79 Å². The summed E-state index contributed by atoms with van der Waals surface area (Å²) in [4.78, 5) is 25.6. The van der Waals surface area contributed by atoms with Gasteiger partial charge in [0.05, 0.1) is 22.8 Å². The Bertz CT molecular complexity index is 704. The second kappa shape index (κ2) is 11.0. The van der Waals surface area contributed by atoms with Crippen LogP contribution in [-0.2, 0) is 6.54 Å². The van der Waals surface area contributed by atoms with Gasteiger partial charge in [0.25, 0.3) is 5.91 Å². The maximum Gasteiger partial charge on any atom is 0.252 e. The van der Waals surface area contributed by atoms with Crippen molar-refractivity contribution in [3.05, 3.63) is 45.7 Å². The molecular formula is C16H23IN6OS. The molecule has 9 heteroatoms. The predicted molar refractivity (Wildman–Crippen MR) is 112 cm³/mol. The van der Waals surface area contributed by atoms with E-state index in [4.69, 9.17) is 0 Å². The summed E-state index contributed by atoms with van der Waals surface area (Å²) in [5.41, 5.74) is 1.60. The van der Waals surface area contributed by atoms with Crippen LogP contribution < -0.4 is 16.0 Å². The second-order valence-corrected chi connectivity index (χ2v) is 6.38. The summed E-state index contributed by atoms with van der Waals surface area (Å²) in [5, 5.41) is 10.3. The maximum absolute atomic E-state index is 11.9. The highest BCUT2D eigenvalue weighted by molar-refractivity contribution is 14.0. The number of halogens is 1. The second-order valence-electron chi connectivity index (χ2n) is 5.09. The van der Waals surface area contributed by atoms with Crippen LogP contribution in [0.1, 0.15) is 25.9 Å². The van der Waals surface area contributed by atoms with E-state index >= 15 is 0 Å². The molecule has 0 aromatic carbocycles. The van der Waals surface area contributed by atoms with Gasteiger partial charge in [-0.2, -0.15) is 0 Å². The third-order valence-corrected chi connectivity index (χ3v) is 4.34. The fourth-order valence-electron chi connectivity index (χ4n) is 2.08. The van der Waals surface area contributed by atoms with E-state index in [0.29, 0.717) is 31.2 Å². The zero-order valence-corrected chi connectivity index (χ0v) is 17.6. The van der Waals surface area contributed by atoms with Crippen molar-refractivity contribution in [3.63, 3.8) is 0 Å². The van der Waals surface area contributed by atoms with Gasteiger partial charge in [-0.25, -0.2) is 4.98 Å². The molecule has 2 rings (SSSR count). The summed E-state index contributed by atoms with van der Waals surface area (Å²) in [7, 11) is 1.72. The highest BCUT2D eigenvalue weighted by Crippen LogP contribution is 2.16. The van der Waals surface area contributed by atoms with Crippen LogP contribution in [0, 0.1) is 13.8 Å². The lowest BCUT2D eigenvalue weighted by Crippen LogP contribution is -2.41. The first kappa shape index (κ1) is 21.3. The molecule has 0 aliphatic carbocycles. The van der Waals surface area contributed by atoms with E-state index in [1.807, 2.05) is 13.8 Å². The summed E-state index contributed by atoms with van der Waals surface area (Å²) in [6.45, 7) is 5.75. The number of aromatic nitrogens is 2. The van der Waals surface area contributed by atoms with Crippen molar-refractivity contribution in [2.45, 2.75) is 20.4 Å². The molecule has 2 aromatic rings. The molecule has 0 fully saturated rings. The van der Waals surface area contributed by atoms with Crippen LogP contribution >= 0.6 is 35.3 Å². The Hall–Kier alpha value is -1.75. The summed E-state index contributed by atoms with van der Waals surface area (Å²) in [6, 6.07) is 3.47. The molecule has 0 saturated heterocycles. The molecule has 0 atom stereocenters. The Balaban J connectivity index is 0.00000312. The standard InChI is InChI=1S/C16H22N6OS.HI/c1-11-14(24-12(2)22-11)10-21-16(17-3)20-8-7-19-15(23)13-5-4-6-18-9-13;/h4-6,9H,7-8,10H2,1-3H3,(H,19,23)(H2,17,20,21);1H. The highest BCUT2D eigenvalue weighted by atomic mass is 127. The third kappa shape index (κ3) is 6.94. The number of carbonyl (C=O) groups excluding carboxylic acids is 1. The molecule has 2 aromatic heterocycles. The largest absolute Gasteiger partial charge is 0.355 e. The molecule has 0 bridgehead atoms. The number of pyridine rings is 1. The van der Waals surface area contributed by atoms with Crippen LogP contribution in [-0.4, -0.2) is 42.0 Å². The van der Waals surface area contributed by atoms with Gasteiger partial charge in [-0.1, -0.05) is 0 Å². The van der Waals surface area contributed by atoms with Crippen LogP contribution in [0.3, 0.4) is 0 Å². The Morgan fingerprint density at radius 2 is 2.00 bits per heavy atom. The van der Waals surface area contributed by atoms with E-state index in [0.717, 1.165) is 10.7 Å². The van der Waals surface area contributed by atoms with Crippen LogP contribution in [0.5, 0.6) is 0 Å². The van der Waals surface area contributed by atoms with Crippen molar-refractivity contribution >= 4 is 47.2 Å². The topological polar surface area (TPSA) is 91.3 Å². The number of aryl methyl sites for hydroxylation is 2. The first-order valence-corrected chi connectivity index (χ1v) is 8.47. The van der Waals surface area contributed by atoms with E-state index in [9.17, 15) is 4.79 Å². The molecule has 0 spiro atoms. The smallest absolute Gasteiger partial charge is 0.252 e. The Morgan fingerprint density at radius 3 is 2.60 bits per heavy atom. The molecule has 0 unspecified atom stereocenters. The molecule has 3 N–H and O–H groups in total. The molecule has 2 heterocycles. The first-order valence-electron chi connectivity index (χ1n) is 7.66. The van der Waals surface area contributed by atoms with E-state index < -0.39 is 0 Å². The number of guanidine groups is 1.